The molecule has 0 fully saturated rings. The summed E-state index contributed by atoms with van der Waals surface area (Å²) < 4.78 is 16.6. The molecule has 0 radical (unpaired) electrons. The van der Waals surface area contributed by atoms with Crippen molar-refractivity contribution in [2.45, 2.75) is 0 Å². The number of hydrogen-bond acceptors (Lipinski definition) is 5. The molecule has 1 aromatic heterocycles. The molecule has 0 aliphatic rings. The van der Waals surface area contributed by atoms with Crippen LogP contribution >= 0.6 is 22.9 Å². The van der Waals surface area contributed by atoms with Crippen LogP contribution in [0.1, 0.15) is 9.67 Å². The maximum absolute atomic E-state index is 12.7. The molecule has 0 saturated carbocycles. The quantitative estimate of drug-likeness (QED) is 0.585. The summed E-state index contributed by atoms with van der Waals surface area (Å²) in [4.78, 5) is 13.1. The van der Waals surface area contributed by atoms with Gasteiger partial charge in [0.1, 0.15) is 23.0 Å². The Kier molecular flexibility index (Phi) is 5.98. The van der Waals surface area contributed by atoms with Crippen LogP contribution in [0.4, 0.5) is 5.69 Å². The van der Waals surface area contributed by atoms with Crippen LogP contribution in [-0.2, 0) is 4.74 Å². The number of carbonyl (C=O) groups is 1. The smallest absolute Gasteiger partial charge is 0.267 e. The van der Waals surface area contributed by atoms with Crippen molar-refractivity contribution >= 4 is 44.6 Å². The van der Waals surface area contributed by atoms with Crippen molar-refractivity contribution in [2.75, 3.05) is 32.8 Å². The average molecular weight is 392 g/mol. The van der Waals surface area contributed by atoms with Crippen LogP contribution in [0.2, 0.25) is 5.02 Å². The Labute approximate surface area is 160 Å². The normalized spacial score (nSPS) is 10.7. The minimum Gasteiger partial charge on any atom is -0.497 e. The van der Waals surface area contributed by atoms with Crippen molar-refractivity contribution in [3.8, 4) is 11.5 Å². The first kappa shape index (κ1) is 18.5. The molecule has 0 atom stereocenters. The first-order valence-electron chi connectivity index (χ1n) is 7.91. The number of carbonyl (C=O) groups excluding carboxylic acids is 1. The Morgan fingerprint density at radius 1 is 1.12 bits per heavy atom. The third-order valence-corrected chi connectivity index (χ3v) is 5.35. The molecule has 3 rings (SSSR count). The number of halogens is 1. The Hall–Kier alpha value is -2.28. The second kappa shape index (κ2) is 8.40. The molecular formula is C19H18ClNO4S. The van der Waals surface area contributed by atoms with Gasteiger partial charge in [-0.25, -0.2) is 0 Å². The maximum Gasteiger partial charge on any atom is 0.267 e. The van der Waals surface area contributed by atoms with Crippen molar-refractivity contribution in [3.63, 3.8) is 0 Å². The number of benzene rings is 2. The van der Waals surface area contributed by atoms with E-state index in [9.17, 15) is 4.79 Å². The predicted octanol–water partition coefficient (Wildman–Crippen LogP) is 4.84. The highest BCUT2D eigenvalue weighted by molar-refractivity contribution is 7.21. The van der Waals surface area contributed by atoms with Gasteiger partial charge in [0, 0.05) is 28.9 Å². The monoisotopic (exact) mass is 391 g/mol. The zero-order chi connectivity index (χ0) is 18.5. The lowest BCUT2D eigenvalue weighted by Crippen LogP contribution is -2.11. The predicted molar refractivity (Wildman–Crippen MR) is 105 cm³/mol. The van der Waals surface area contributed by atoms with Crippen LogP contribution in [0, 0.1) is 0 Å². The number of amides is 1. The first-order chi connectivity index (χ1) is 12.6. The van der Waals surface area contributed by atoms with E-state index in [0.29, 0.717) is 34.6 Å². The number of thiophene rings is 1. The number of methoxy groups -OCH3 is 2. The lowest BCUT2D eigenvalue weighted by atomic mass is 10.2. The number of nitrogens with one attached hydrogen (secondary N) is 1. The molecule has 0 aliphatic heterocycles. The van der Waals surface area contributed by atoms with Crippen LogP contribution in [0.15, 0.2) is 42.5 Å². The maximum atomic E-state index is 12.7. The Morgan fingerprint density at radius 3 is 2.73 bits per heavy atom. The molecule has 5 nitrogen and oxygen atoms in total. The van der Waals surface area contributed by atoms with Crippen LogP contribution in [-0.4, -0.2) is 33.3 Å². The molecule has 7 heteroatoms. The average Bonchev–Trinajstić information content (AvgIpc) is 2.98. The minimum atomic E-state index is -0.260. The van der Waals surface area contributed by atoms with Crippen molar-refractivity contribution in [3.05, 3.63) is 52.4 Å². The van der Waals surface area contributed by atoms with Crippen molar-refractivity contribution in [1.29, 1.82) is 0 Å². The molecule has 1 N–H and O–H groups in total. The number of anilines is 1. The van der Waals surface area contributed by atoms with Crippen molar-refractivity contribution in [2.24, 2.45) is 0 Å². The highest BCUT2D eigenvalue weighted by Gasteiger charge is 2.18. The molecule has 0 aliphatic carbocycles. The second-order valence-electron chi connectivity index (χ2n) is 5.43. The molecule has 1 amide bonds. The van der Waals surface area contributed by atoms with Gasteiger partial charge in [-0.2, -0.15) is 0 Å². The summed E-state index contributed by atoms with van der Waals surface area (Å²) in [6, 6.07) is 12.7. The molecule has 136 valence electrons. The van der Waals surface area contributed by atoms with Crippen LogP contribution in [0.5, 0.6) is 11.5 Å². The molecular weight excluding hydrogens is 374 g/mol. The second-order valence-corrected chi connectivity index (χ2v) is 6.86. The summed E-state index contributed by atoms with van der Waals surface area (Å²) in [5.41, 5.74) is 0.635. The first-order valence-corrected chi connectivity index (χ1v) is 9.11. The summed E-state index contributed by atoms with van der Waals surface area (Å²) >= 11 is 7.73. The van der Waals surface area contributed by atoms with Gasteiger partial charge in [0.25, 0.3) is 5.91 Å². The van der Waals surface area contributed by atoms with Crippen LogP contribution < -0.4 is 14.8 Å². The highest BCUT2D eigenvalue weighted by Crippen LogP contribution is 2.37. The zero-order valence-corrected chi connectivity index (χ0v) is 15.9. The van der Waals surface area contributed by atoms with Crippen LogP contribution in [0.3, 0.4) is 0 Å². The molecule has 3 aromatic rings. The lowest BCUT2D eigenvalue weighted by molar-refractivity contribution is 0.103. The molecule has 0 saturated heterocycles. The van der Waals surface area contributed by atoms with Crippen molar-refractivity contribution in [1.82, 2.24) is 0 Å². The van der Waals surface area contributed by atoms with E-state index in [0.717, 1.165) is 15.8 Å². The van der Waals surface area contributed by atoms with E-state index in [-0.39, 0.29) is 5.91 Å². The summed E-state index contributed by atoms with van der Waals surface area (Å²) in [5, 5.41) is 4.14. The zero-order valence-electron chi connectivity index (χ0n) is 14.4. The van der Waals surface area contributed by atoms with E-state index in [4.69, 9.17) is 25.8 Å². The summed E-state index contributed by atoms with van der Waals surface area (Å²) in [7, 11) is 3.22. The van der Waals surface area contributed by atoms with Gasteiger partial charge in [-0.1, -0.05) is 17.7 Å². The number of hydrogen-bond donors (Lipinski definition) is 1. The third kappa shape index (κ3) is 4.09. The van der Waals surface area contributed by atoms with Gasteiger partial charge in [0.15, 0.2) is 0 Å². The lowest BCUT2D eigenvalue weighted by Gasteiger charge is -2.08. The Morgan fingerprint density at radius 2 is 1.96 bits per heavy atom. The summed E-state index contributed by atoms with van der Waals surface area (Å²) in [5.74, 6) is 1.12. The topological polar surface area (TPSA) is 56.8 Å². The molecule has 0 spiro atoms. The van der Waals surface area contributed by atoms with Gasteiger partial charge in [-0.3, -0.25) is 4.79 Å². The van der Waals surface area contributed by atoms with Gasteiger partial charge in [-0.15, -0.1) is 11.3 Å². The molecule has 0 unspecified atom stereocenters. The number of rotatable bonds is 7. The van der Waals surface area contributed by atoms with Crippen LogP contribution in [0.25, 0.3) is 10.1 Å². The van der Waals surface area contributed by atoms with E-state index in [1.807, 2.05) is 30.3 Å². The molecule has 1 heterocycles. The van der Waals surface area contributed by atoms with Gasteiger partial charge in [0.2, 0.25) is 0 Å². The van der Waals surface area contributed by atoms with E-state index in [2.05, 4.69) is 5.32 Å². The molecule has 26 heavy (non-hydrogen) atoms. The van der Waals surface area contributed by atoms with E-state index >= 15 is 0 Å². The summed E-state index contributed by atoms with van der Waals surface area (Å²) in [6.07, 6.45) is 0. The Bertz CT molecular complexity index is 925. The van der Waals surface area contributed by atoms with E-state index in [1.54, 1.807) is 26.4 Å². The third-order valence-electron chi connectivity index (χ3n) is 3.69. The molecule has 2 aromatic carbocycles. The Balaban J connectivity index is 1.78. The minimum absolute atomic E-state index is 0.260. The SMILES string of the molecule is COCCOc1cccc(NC(=O)c2sc3cc(OC)ccc3c2Cl)c1. The fourth-order valence-electron chi connectivity index (χ4n) is 2.41. The van der Waals surface area contributed by atoms with Gasteiger partial charge < -0.3 is 19.5 Å². The van der Waals surface area contributed by atoms with Gasteiger partial charge >= 0.3 is 0 Å². The fraction of sp³-hybridized carbons (Fsp3) is 0.211. The standard InChI is InChI=1S/C19H18ClNO4S/c1-23-8-9-25-14-5-3-4-12(10-14)21-19(22)18-17(20)15-7-6-13(24-2)11-16(15)26-18/h3-7,10-11H,8-9H2,1-2H3,(H,21,22). The highest BCUT2D eigenvalue weighted by atomic mass is 35.5. The van der Waals surface area contributed by atoms with E-state index < -0.39 is 0 Å². The number of fused-ring (bicyclic) bond motifs is 1. The van der Waals surface area contributed by atoms with Gasteiger partial charge in [-0.05, 0) is 30.3 Å². The molecule has 0 bridgehead atoms. The fourth-order valence-corrected chi connectivity index (χ4v) is 3.85. The largest absolute Gasteiger partial charge is 0.497 e. The van der Waals surface area contributed by atoms with Gasteiger partial charge in [0.05, 0.1) is 18.7 Å². The van der Waals surface area contributed by atoms with Crippen molar-refractivity contribution < 1.29 is 19.0 Å². The number of ether oxygens (including phenoxy) is 3. The van der Waals surface area contributed by atoms with E-state index in [1.165, 1.54) is 11.3 Å². The summed E-state index contributed by atoms with van der Waals surface area (Å²) in [6.45, 7) is 0.940.